The molecule has 1 heterocycles. The van der Waals surface area contributed by atoms with E-state index in [1.807, 2.05) is 11.8 Å². The van der Waals surface area contributed by atoms with E-state index in [2.05, 4.69) is 116 Å². The van der Waals surface area contributed by atoms with Gasteiger partial charge in [-0.15, -0.1) is 10.2 Å². The number of nitrogens with zero attached hydrogens (tertiary/aromatic N) is 1. The van der Waals surface area contributed by atoms with E-state index in [4.69, 9.17) is 18.6 Å². The fraction of sp³-hybridized carbons (Fsp3) is 0.138. The van der Waals surface area contributed by atoms with E-state index in [1.54, 1.807) is 0 Å². The highest BCUT2D eigenvalue weighted by atomic mass is 35.7. The SMILES string of the molecule is C[N+](C)=C1C=CC(=CC2=C3SC(c4ccccc4)=CC(c4ccccc4)=C3CC2)C=C1.[O-][Cl+3]([O-])([O-])[O-]. The van der Waals surface area contributed by atoms with Crippen molar-refractivity contribution in [3.8, 4) is 0 Å². The van der Waals surface area contributed by atoms with Crippen molar-refractivity contribution in [3.05, 3.63) is 130 Å². The minimum atomic E-state index is -4.94. The lowest BCUT2D eigenvalue weighted by atomic mass is 9.97. The lowest BCUT2D eigenvalue weighted by Gasteiger charge is -2.21. The van der Waals surface area contributed by atoms with E-state index < -0.39 is 10.2 Å². The molecule has 2 aliphatic carbocycles. The van der Waals surface area contributed by atoms with Crippen molar-refractivity contribution in [3.63, 3.8) is 0 Å². The maximum absolute atomic E-state index is 8.49. The van der Waals surface area contributed by atoms with Gasteiger partial charge in [0.25, 0.3) is 0 Å². The molecule has 0 fully saturated rings. The number of rotatable bonds is 3. The Kier molecular flexibility index (Phi) is 8.26. The highest BCUT2D eigenvalue weighted by molar-refractivity contribution is 8.12. The van der Waals surface area contributed by atoms with Crippen LogP contribution in [0.15, 0.2) is 119 Å². The van der Waals surface area contributed by atoms with Crippen LogP contribution in [0.25, 0.3) is 10.5 Å². The largest absolute Gasteiger partial charge is 0.235 e. The third-order valence-corrected chi connectivity index (χ3v) is 7.20. The summed E-state index contributed by atoms with van der Waals surface area (Å²) in [5.74, 6) is 0. The van der Waals surface area contributed by atoms with E-state index >= 15 is 0 Å². The van der Waals surface area contributed by atoms with Crippen LogP contribution in [0.2, 0.25) is 0 Å². The van der Waals surface area contributed by atoms with Crippen LogP contribution in [0.1, 0.15) is 24.0 Å². The van der Waals surface area contributed by atoms with Crippen LogP contribution >= 0.6 is 11.8 Å². The molecule has 0 saturated heterocycles. The van der Waals surface area contributed by atoms with Crippen LogP contribution < -0.4 is 18.6 Å². The second kappa shape index (κ2) is 11.4. The second-order valence-corrected chi connectivity index (χ2v) is 10.4. The highest BCUT2D eigenvalue weighted by Crippen LogP contribution is 2.52. The van der Waals surface area contributed by atoms with Crippen molar-refractivity contribution >= 4 is 28.0 Å². The van der Waals surface area contributed by atoms with Crippen molar-refractivity contribution < 1.29 is 33.5 Å². The molecular formula is C29H26ClNO4S. The molecule has 0 bridgehead atoms. The van der Waals surface area contributed by atoms with Crippen LogP contribution in [0.5, 0.6) is 0 Å². The molecule has 0 radical (unpaired) electrons. The Morgan fingerprint density at radius 1 is 0.778 bits per heavy atom. The van der Waals surface area contributed by atoms with Crippen LogP contribution in [0.4, 0.5) is 0 Å². The Balaban J connectivity index is 0.000000556. The van der Waals surface area contributed by atoms with Crippen LogP contribution in [-0.4, -0.2) is 24.4 Å². The summed E-state index contributed by atoms with van der Waals surface area (Å²) in [6.45, 7) is 0. The van der Waals surface area contributed by atoms with Crippen molar-refractivity contribution in [1.82, 2.24) is 0 Å². The summed E-state index contributed by atoms with van der Waals surface area (Å²) in [6.07, 6.45) is 15.8. The third kappa shape index (κ3) is 6.83. The van der Waals surface area contributed by atoms with Crippen LogP contribution in [0, 0.1) is 10.2 Å². The van der Waals surface area contributed by atoms with Gasteiger partial charge < -0.3 is 0 Å². The molecule has 1 aliphatic heterocycles. The van der Waals surface area contributed by atoms with E-state index in [0.717, 1.165) is 12.8 Å². The molecule has 0 aromatic heterocycles. The smallest absolute Gasteiger partial charge is 0.199 e. The Morgan fingerprint density at radius 2 is 1.33 bits per heavy atom. The quantitative estimate of drug-likeness (QED) is 0.580. The first-order chi connectivity index (χ1) is 17.2. The zero-order valence-corrected chi connectivity index (χ0v) is 21.6. The molecule has 5 rings (SSSR count). The van der Waals surface area contributed by atoms with E-state index in [0.29, 0.717) is 0 Å². The van der Waals surface area contributed by atoms with Crippen molar-refractivity contribution in [1.29, 1.82) is 0 Å². The van der Waals surface area contributed by atoms with Crippen molar-refractivity contribution in [2.24, 2.45) is 0 Å². The molecule has 0 N–H and O–H groups in total. The number of halogens is 1. The van der Waals surface area contributed by atoms with Gasteiger partial charge in [-0.2, -0.15) is 0 Å². The Labute approximate surface area is 217 Å². The molecule has 5 nitrogen and oxygen atoms in total. The zero-order chi connectivity index (χ0) is 25.7. The molecule has 184 valence electrons. The minimum Gasteiger partial charge on any atom is -0.235 e. The second-order valence-electron chi connectivity index (χ2n) is 8.60. The van der Waals surface area contributed by atoms with Gasteiger partial charge in [0.1, 0.15) is 14.1 Å². The van der Waals surface area contributed by atoms with Gasteiger partial charge in [0.05, 0.1) is 0 Å². The Hall–Kier alpha value is -2.97. The normalized spacial score (nSPS) is 17.0. The number of fused-ring (bicyclic) bond motifs is 1. The molecule has 0 atom stereocenters. The van der Waals surface area contributed by atoms with Crippen molar-refractivity contribution in [2.45, 2.75) is 12.8 Å². The zero-order valence-electron chi connectivity index (χ0n) is 20.0. The molecule has 7 heteroatoms. The molecule has 3 aliphatic rings. The number of benzene rings is 2. The lowest BCUT2D eigenvalue weighted by Crippen LogP contribution is -2.68. The van der Waals surface area contributed by atoms with Gasteiger partial charge in [0.15, 0.2) is 5.71 Å². The van der Waals surface area contributed by atoms with Crippen LogP contribution in [0.3, 0.4) is 0 Å². The van der Waals surface area contributed by atoms with Gasteiger partial charge in [-0.3, -0.25) is 0 Å². The summed E-state index contributed by atoms with van der Waals surface area (Å²) < 4.78 is 36.1. The first-order valence-electron chi connectivity index (χ1n) is 11.4. The molecule has 0 unspecified atom stereocenters. The molecular weight excluding hydrogens is 494 g/mol. The van der Waals surface area contributed by atoms with E-state index in [9.17, 15) is 0 Å². The van der Waals surface area contributed by atoms with E-state index in [1.165, 1.54) is 48.9 Å². The fourth-order valence-electron chi connectivity index (χ4n) is 4.25. The van der Waals surface area contributed by atoms with Gasteiger partial charge in [-0.25, -0.2) is 23.2 Å². The summed E-state index contributed by atoms with van der Waals surface area (Å²) in [4.78, 5) is 2.77. The number of thioether (sulfide) groups is 1. The molecule has 36 heavy (non-hydrogen) atoms. The molecule has 2 aromatic carbocycles. The standard InChI is InChI=1S/C29H26NS.ClHO4/c1-30(2)25-16-13-21(14-17-25)19-24-15-18-26-27(22-9-5-3-6-10-22)20-28(31-29(24)26)23-11-7-4-8-12-23;2-1(3,4)5/h3-14,16-17,19-20H,15,18H2,1-2H3;(H,2,3,4,5)/q+1;/p-1. The lowest BCUT2D eigenvalue weighted by molar-refractivity contribution is -2.00. The average Bonchev–Trinajstić information content (AvgIpc) is 3.26. The third-order valence-electron chi connectivity index (χ3n) is 5.92. The van der Waals surface area contributed by atoms with Gasteiger partial charge in [-0.1, -0.05) is 78.5 Å². The van der Waals surface area contributed by atoms with Crippen molar-refractivity contribution in [2.75, 3.05) is 14.1 Å². The van der Waals surface area contributed by atoms with Gasteiger partial charge in [0.2, 0.25) is 0 Å². The fourth-order valence-corrected chi connectivity index (χ4v) is 5.53. The summed E-state index contributed by atoms with van der Waals surface area (Å²) in [6, 6.07) is 21.6. The monoisotopic (exact) mass is 519 g/mol. The number of allylic oxidation sites excluding steroid dienone is 10. The molecule has 0 saturated carbocycles. The minimum absolute atomic E-state index is 1.10. The summed E-state index contributed by atoms with van der Waals surface area (Å²) in [7, 11) is -0.781. The Bertz CT molecular complexity index is 1320. The molecule has 0 amide bonds. The maximum atomic E-state index is 8.49. The Morgan fingerprint density at radius 3 is 1.89 bits per heavy atom. The topological polar surface area (TPSA) is 95.2 Å². The van der Waals surface area contributed by atoms with E-state index in [-0.39, 0.29) is 0 Å². The average molecular weight is 520 g/mol. The summed E-state index contributed by atoms with van der Waals surface area (Å²) in [5.41, 5.74) is 9.41. The highest BCUT2D eigenvalue weighted by Gasteiger charge is 2.27. The summed E-state index contributed by atoms with van der Waals surface area (Å²) in [5, 5.41) is 0. The summed E-state index contributed by atoms with van der Waals surface area (Å²) >= 11 is 1.93. The molecule has 2 aromatic rings. The van der Waals surface area contributed by atoms with Gasteiger partial charge in [-0.05, 0) is 64.5 Å². The number of hydrogen-bond acceptors (Lipinski definition) is 5. The predicted octanol–water partition coefficient (Wildman–Crippen LogP) is 2.29. The molecule has 0 spiro atoms. The first-order valence-corrected chi connectivity index (χ1v) is 13.4. The first kappa shape index (κ1) is 26.1. The van der Waals surface area contributed by atoms with Gasteiger partial charge in [0, 0.05) is 22.0 Å². The predicted molar refractivity (Wildman–Crippen MR) is 135 cm³/mol. The maximum Gasteiger partial charge on any atom is 0.199 e. The number of hydrogen-bond donors (Lipinski definition) is 0. The van der Waals surface area contributed by atoms with Gasteiger partial charge >= 0.3 is 0 Å². The van der Waals surface area contributed by atoms with Crippen LogP contribution in [-0.2, 0) is 0 Å².